The zero-order valence-electron chi connectivity index (χ0n) is 11.5. The summed E-state index contributed by atoms with van der Waals surface area (Å²) in [4.78, 5) is 0.303. The zero-order chi connectivity index (χ0) is 13.9. The second kappa shape index (κ2) is 6.02. The van der Waals surface area contributed by atoms with E-state index >= 15 is 0 Å². The van der Waals surface area contributed by atoms with E-state index in [4.69, 9.17) is 0 Å². The summed E-state index contributed by atoms with van der Waals surface area (Å²) in [5.41, 5.74) is 0. The molecule has 2 rings (SSSR count). The number of nitrogens with one attached hydrogen (secondary N) is 1. The molecule has 0 amide bonds. The van der Waals surface area contributed by atoms with Gasteiger partial charge in [-0.05, 0) is 26.3 Å². The topological polar surface area (TPSA) is 67.2 Å². The Bertz CT molecular complexity index is 512. The SMILES string of the molecule is CCNCCn1cc(S(=O)(=O)N2CCCC2C)cn1. The third kappa shape index (κ3) is 3.16. The minimum Gasteiger partial charge on any atom is -0.315 e. The van der Waals surface area contributed by atoms with Crippen molar-refractivity contribution in [2.45, 2.75) is 44.2 Å². The molecule has 1 saturated heterocycles. The van der Waals surface area contributed by atoms with Crippen LogP contribution in [-0.4, -0.2) is 48.2 Å². The van der Waals surface area contributed by atoms with Gasteiger partial charge in [0.25, 0.3) is 0 Å². The van der Waals surface area contributed by atoms with Gasteiger partial charge in [0, 0.05) is 25.3 Å². The van der Waals surface area contributed by atoms with Crippen molar-refractivity contribution >= 4 is 10.0 Å². The fourth-order valence-corrected chi connectivity index (χ4v) is 4.02. The Morgan fingerprint density at radius 2 is 2.32 bits per heavy atom. The predicted octanol–water partition coefficient (Wildman–Crippen LogP) is 0.666. The molecule has 1 fully saturated rings. The van der Waals surface area contributed by atoms with Crippen LogP contribution >= 0.6 is 0 Å². The van der Waals surface area contributed by atoms with Crippen molar-refractivity contribution in [3.8, 4) is 0 Å². The molecule has 0 bridgehead atoms. The van der Waals surface area contributed by atoms with E-state index in [0.717, 1.165) is 25.9 Å². The van der Waals surface area contributed by atoms with Crippen LogP contribution in [-0.2, 0) is 16.6 Å². The van der Waals surface area contributed by atoms with Gasteiger partial charge in [-0.1, -0.05) is 6.92 Å². The summed E-state index contributed by atoms with van der Waals surface area (Å²) in [7, 11) is -3.37. The van der Waals surface area contributed by atoms with Crippen molar-refractivity contribution in [2.24, 2.45) is 0 Å². The first-order valence-corrected chi connectivity index (χ1v) is 8.24. The maximum atomic E-state index is 12.4. The lowest BCUT2D eigenvalue weighted by Gasteiger charge is -2.19. The van der Waals surface area contributed by atoms with Gasteiger partial charge in [-0.3, -0.25) is 4.68 Å². The molecule has 1 aliphatic rings. The first-order chi connectivity index (χ1) is 9.05. The number of likely N-dealkylation sites (N-methyl/N-ethyl adjacent to an activating group) is 1. The van der Waals surface area contributed by atoms with Gasteiger partial charge in [0.2, 0.25) is 10.0 Å². The summed E-state index contributed by atoms with van der Waals surface area (Å²) >= 11 is 0. The molecule has 0 radical (unpaired) electrons. The van der Waals surface area contributed by atoms with Gasteiger partial charge in [-0.2, -0.15) is 9.40 Å². The van der Waals surface area contributed by atoms with E-state index in [2.05, 4.69) is 10.4 Å². The Kier molecular flexibility index (Phi) is 4.59. The first kappa shape index (κ1) is 14.5. The molecule has 6 nitrogen and oxygen atoms in total. The van der Waals surface area contributed by atoms with Crippen molar-refractivity contribution in [1.82, 2.24) is 19.4 Å². The molecule has 2 heterocycles. The average molecular weight is 286 g/mol. The van der Waals surface area contributed by atoms with Gasteiger partial charge in [-0.15, -0.1) is 0 Å². The maximum absolute atomic E-state index is 12.4. The van der Waals surface area contributed by atoms with Crippen molar-refractivity contribution in [2.75, 3.05) is 19.6 Å². The molecular formula is C12H22N4O2S. The fraction of sp³-hybridized carbons (Fsp3) is 0.750. The number of hydrogen-bond acceptors (Lipinski definition) is 4. The minimum absolute atomic E-state index is 0.0927. The molecule has 1 aromatic heterocycles. The maximum Gasteiger partial charge on any atom is 0.246 e. The van der Waals surface area contributed by atoms with Gasteiger partial charge < -0.3 is 5.32 Å². The second-order valence-electron chi connectivity index (χ2n) is 4.90. The second-order valence-corrected chi connectivity index (χ2v) is 6.79. The number of rotatable bonds is 6. The third-order valence-corrected chi connectivity index (χ3v) is 5.44. The van der Waals surface area contributed by atoms with Crippen LogP contribution in [0.15, 0.2) is 17.3 Å². The normalized spacial score (nSPS) is 21.1. The summed E-state index contributed by atoms with van der Waals surface area (Å²) < 4.78 is 28.1. The van der Waals surface area contributed by atoms with E-state index in [9.17, 15) is 8.42 Å². The molecule has 7 heteroatoms. The molecule has 0 aliphatic carbocycles. The smallest absolute Gasteiger partial charge is 0.246 e. The summed E-state index contributed by atoms with van der Waals surface area (Å²) in [6, 6.07) is 0.0927. The van der Waals surface area contributed by atoms with Crippen LogP contribution in [0.3, 0.4) is 0 Å². The van der Waals surface area contributed by atoms with E-state index < -0.39 is 10.0 Å². The Morgan fingerprint density at radius 3 is 2.95 bits per heavy atom. The van der Waals surface area contributed by atoms with Gasteiger partial charge in [0.15, 0.2) is 0 Å². The third-order valence-electron chi connectivity index (χ3n) is 3.48. The number of sulfonamides is 1. The molecule has 1 unspecified atom stereocenters. The average Bonchev–Trinajstić information content (AvgIpc) is 2.98. The standard InChI is InChI=1S/C12H22N4O2S/c1-3-13-6-8-15-10-12(9-14-15)19(17,18)16-7-4-5-11(16)2/h9-11,13H,3-8H2,1-2H3. The Hall–Kier alpha value is -0.920. The molecule has 108 valence electrons. The van der Waals surface area contributed by atoms with Crippen LogP contribution in [0.2, 0.25) is 0 Å². The quantitative estimate of drug-likeness (QED) is 0.780. The van der Waals surface area contributed by atoms with E-state index in [1.165, 1.54) is 6.20 Å². The lowest BCUT2D eigenvalue weighted by Crippen LogP contribution is -2.33. The highest BCUT2D eigenvalue weighted by Gasteiger charge is 2.33. The summed E-state index contributed by atoms with van der Waals surface area (Å²) in [6.45, 7) is 6.98. The van der Waals surface area contributed by atoms with E-state index in [1.54, 1.807) is 15.2 Å². The Labute approximate surface area is 114 Å². The highest BCUT2D eigenvalue weighted by Crippen LogP contribution is 2.25. The van der Waals surface area contributed by atoms with Crippen molar-refractivity contribution < 1.29 is 8.42 Å². The number of hydrogen-bond donors (Lipinski definition) is 1. The van der Waals surface area contributed by atoms with Gasteiger partial charge in [-0.25, -0.2) is 8.42 Å². The van der Waals surface area contributed by atoms with E-state index in [1.807, 2.05) is 13.8 Å². The molecule has 1 aromatic rings. The lowest BCUT2D eigenvalue weighted by atomic mass is 10.3. The van der Waals surface area contributed by atoms with Crippen LogP contribution < -0.4 is 5.32 Å². The number of aromatic nitrogens is 2. The molecule has 0 saturated carbocycles. The van der Waals surface area contributed by atoms with Gasteiger partial charge in [0.1, 0.15) is 4.90 Å². The van der Waals surface area contributed by atoms with Crippen LogP contribution in [0.1, 0.15) is 26.7 Å². The van der Waals surface area contributed by atoms with Crippen LogP contribution in [0.4, 0.5) is 0 Å². The number of nitrogens with zero attached hydrogens (tertiary/aromatic N) is 3. The molecule has 1 aliphatic heterocycles. The van der Waals surface area contributed by atoms with Crippen LogP contribution in [0.25, 0.3) is 0 Å². The highest BCUT2D eigenvalue weighted by molar-refractivity contribution is 7.89. The molecule has 19 heavy (non-hydrogen) atoms. The van der Waals surface area contributed by atoms with Crippen LogP contribution in [0, 0.1) is 0 Å². The van der Waals surface area contributed by atoms with Crippen LogP contribution in [0.5, 0.6) is 0 Å². The lowest BCUT2D eigenvalue weighted by molar-refractivity contribution is 0.408. The van der Waals surface area contributed by atoms with Crippen molar-refractivity contribution in [3.63, 3.8) is 0 Å². The summed E-state index contributed by atoms with van der Waals surface area (Å²) in [5.74, 6) is 0. The molecule has 1 N–H and O–H groups in total. The summed E-state index contributed by atoms with van der Waals surface area (Å²) in [5, 5.41) is 7.31. The predicted molar refractivity (Wildman–Crippen MR) is 73.4 cm³/mol. The van der Waals surface area contributed by atoms with Gasteiger partial charge in [0.05, 0.1) is 12.7 Å². The van der Waals surface area contributed by atoms with E-state index in [0.29, 0.717) is 18.0 Å². The molecular weight excluding hydrogens is 264 g/mol. The highest BCUT2D eigenvalue weighted by atomic mass is 32.2. The Balaban J connectivity index is 2.08. The first-order valence-electron chi connectivity index (χ1n) is 6.80. The molecule has 0 spiro atoms. The van der Waals surface area contributed by atoms with E-state index in [-0.39, 0.29) is 6.04 Å². The molecule has 1 atom stereocenters. The fourth-order valence-electron chi connectivity index (χ4n) is 2.37. The zero-order valence-corrected chi connectivity index (χ0v) is 12.4. The van der Waals surface area contributed by atoms with Crippen molar-refractivity contribution in [3.05, 3.63) is 12.4 Å². The van der Waals surface area contributed by atoms with Crippen molar-refractivity contribution in [1.29, 1.82) is 0 Å². The van der Waals surface area contributed by atoms with Gasteiger partial charge >= 0.3 is 0 Å². The Morgan fingerprint density at radius 1 is 1.53 bits per heavy atom. The largest absolute Gasteiger partial charge is 0.315 e. The molecule has 0 aromatic carbocycles. The minimum atomic E-state index is -3.37. The summed E-state index contributed by atoms with van der Waals surface area (Å²) in [6.07, 6.45) is 4.95. The monoisotopic (exact) mass is 286 g/mol.